The van der Waals surface area contributed by atoms with E-state index in [4.69, 9.17) is 8.94 Å². The van der Waals surface area contributed by atoms with Gasteiger partial charge in [-0.05, 0) is 58.2 Å². The van der Waals surface area contributed by atoms with Crippen LogP contribution in [0, 0.1) is 19.8 Å². The molecule has 2 aromatic rings. The highest BCUT2D eigenvalue weighted by atomic mass is 16.5. The molecule has 2 aromatic heterocycles. The van der Waals surface area contributed by atoms with E-state index < -0.39 is 0 Å². The van der Waals surface area contributed by atoms with Crippen LogP contribution >= 0.6 is 0 Å². The van der Waals surface area contributed by atoms with Crippen molar-refractivity contribution >= 4 is 5.91 Å². The van der Waals surface area contributed by atoms with E-state index in [0.717, 1.165) is 68.1 Å². The van der Waals surface area contributed by atoms with Crippen LogP contribution in [0.5, 0.6) is 0 Å². The number of carbonyl (C=O) groups is 1. The maximum absolute atomic E-state index is 12.4. The first kappa shape index (κ1) is 17.7. The van der Waals surface area contributed by atoms with Gasteiger partial charge in [-0.2, -0.15) is 0 Å². The second-order valence-electron chi connectivity index (χ2n) is 6.85. The van der Waals surface area contributed by atoms with Gasteiger partial charge in [0.1, 0.15) is 11.5 Å². The number of aryl methyl sites for hydroxylation is 2. The Hall–Kier alpha value is -2.08. The number of carbonyl (C=O) groups excluding carboxylic acids is 1. The minimum Gasteiger partial charge on any atom is -0.468 e. The predicted molar refractivity (Wildman–Crippen MR) is 94.0 cm³/mol. The van der Waals surface area contributed by atoms with Gasteiger partial charge >= 0.3 is 0 Å². The molecule has 0 unspecified atom stereocenters. The van der Waals surface area contributed by atoms with Gasteiger partial charge in [-0.3, -0.25) is 9.69 Å². The molecule has 3 heterocycles. The van der Waals surface area contributed by atoms with Crippen molar-refractivity contribution in [3.63, 3.8) is 0 Å². The van der Waals surface area contributed by atoms with E-state index in [1.165, 1.54) is 0 Å². The third-order valence-corrected chi connectivity index (χ3v) is 4.92. The predicted octanol–water partition coefficient (Wildman–Crippen LogP) is 2.85. The van der Waals surface area contributed by atoms with Gasteiger partial charge in [-0.25, -0.2) is 0 Å². The van der Waals surface area contributed by atoms with E-state index in [1.54, 1.807) is 6.26 Å². The number of rotatable bonds is 7. The van der Waals surface area contributed by atoms with E-state index in [0.29, 0.717) is 6.54 Å². The maximum atomic E-state index is 12.4. The molecule has 0 aromatic carbocycles. The number of nitrogens with zero attached hydrogens (tertiary/aromatic N) is 2. The van der Waals surface area contributed by atoms with Crippen LogP contribution in [0.3, 0.4) is 0 Å². The Labute approximate surface area is 148 Å². The average Bonchev–Trinajstić information content (AvgIpc) is 3.23. The van der Waals surface area contributed by atoms with E-state index in [2.05, 4.69) is 15.4 Å². The van der Waals surface area contributed by atoms with Gasteiger partial charge in [0, 0.05) is 18.7 Å². The molecule has 6 heteroatoms. The Morgan fingerprint density at radius 2 is 2.32 bits per heavy atom. The number of hydrogen-bond donors (Lipinski definition) is 1. The van der Waals surface area contributed by atoms with Crippen molar-refractivity contribution in [3.8, 4) is 0 Å². The third kappa shape index (κ3) is 4.72. The van der Waals surface area contributed by atoms with Crippen LogP contribution < -0.4 is 5.32 Å². The van der Waals surface area contributed by atoms with Crippen LogP contribution in [0.1, 0.15) is 42.0 Å². The summed E-state index contributed by atoms with van der Waals surface area (Å²) in [5.41, 5.74) is 2.11. The fraction of sp³-hybridized carbons (Fsp3) is 0.579. The van der Waals surface area contributed by atoms with Crippen molar-refractivity contribution in [3.05, 3.63) is 41.2 Å². The number of furan rings is 1. The molecule has 1 fully saturated rings. The van der Waals surface area contributed by atoms with Crippen LogP contribution in [0.4, 0.5) is 0 Å². The molecule has 0 saturated carbocycles. The number of aromatic nitrogens is 1. The lowest BCUT2D eigenvalue weighted by atomic mass is 9.97. The largest absolute Gasteiger partial charge is 0.468 e. The van der Waals surface area contributed by atoms with E-state index >= 15 is 0 Å². The van der Waals surface area contributed by atoms with Crippen molar-refractivity contribution in [1.82, 2.24) is 15.4 Å². The highest BCUT2D eigenvalue weighted by molar-refractivity contribution is 5.78. The van der Waals surface area contributed by atoms with Gasteiger partial charge in [-0.1, -0.05) is 5.16 Å². The van der Waals surface area contributed by atoms with Crippen molar-refractivity contribution in [2.24, 2.45) is 5.92 Å². The SMILES string of the molecule is Cc1noc(C)c1CCCNC(=O)[C@H]1CCCN(Cc2ccco2)C1. The summed E-state index contributed by atoms with van der Waals surface area (Å²) in [5, 5.41) is 7.06. The molecule has 1 saturated heterocycles. The summed E-state index contributed by atoms with van der Waals surface area (Å²) in [6.07, 6.45) is 5.50. The van der Waals surface area contributed by atoms with Crippen LogP contribution in [-0.4, -0.2) is 35.6 Å². The molecule has 3 rings (SSSR count). The lowest BCUT2D eigenvalue weighted by Gasteiger charge is -2.31. The number of nitrogens with one attached hydrogen (secondary N) is 1. The molecule has 25 heavy (non-hydrogen) atoms. The number of likely N-dealkylation sites (tertiary alicyclic amines) is 1. The van der Waals surface area contributed by atoms with E-state index in [1.807, 2.05) is 26.0 Å². The number of amides is 1. The van der Waals surface area contributed by atoms with Crippen LogP contribution in [0.15, 0.2) is 27.3 Å². The summed E-state index contributed by atoms with van der Waals surface area (Å²) in [4.78, 5) is 14.8. The first-order valence-corrected chi connectivity index (χ1v) is 9.07. The summed E-state index contributed by atoms with van der Waals surface area (Å²) >= 11 is 0. The van der Waals surface area contributed by atoms with Crippen LogP contribution in [0.25, 0.3) is 0 Å². The Kier molecular flexibility index (Phi) is 5.91. The molecule has 1 aliphatic heterocycles. The topological polar surface area (TPSA) is 71.5 Å². The highest BCUT2D eigenvalue weighted by Gasteiger charge is 2.25. The van der Waals surface area contributed by atoms with Crippen molar-refractivity contribution in [2.75, 3.05) is 19.6 Å². The Balaban J connectivity index is 1.40. The molecule has 0 aliphatic carbocycles. The number of hydrogen-bond acceptors (Lipinski definition) is 5. The molecule has 1 amide bonds. The van der Waals surface area contributed by atoms with E-state index in [-0.39, 0.29) is 11.8 Å². The molecular weight excluding hydrogens is 318 g/mol. The molecular formula is C19H27N3O3. The minimum atomic E-state index is 0.0720. The first-order valence-electron chi connectivity index (χ1n) is 9.07. The van der Waals surface area contributed by atoms with Crippen LogP contribution in [-0.2, 0) is 17.8 Å². The van der Waals surface area contributed by atoms with Gasteiger partial charge in [0.2, 0.25) is 5.91 Å². The summed E-state index contributed by atoms with van der Waals surface area (Å²) in [6, 6.07) is 3.89. The summed E-state index contributed by atoms with van der Waals surface area (Å²) < 4.78 is 10.6. The van der Waals surface area contributed by atoms with Gasteiger partial charge < -0.3 is 14.3 Å². The number of piperidine rings is 1. The zero-order valence-corrected chi connectivity index (χ0v) is 15.1. The molecule has 0 radical (unpaired) electrons. The first-order chi connectivity index (χ1) is 12.1. The molecule has 0 bridgehead atoms. The zero-order chi connectivity index (χ0) is 17.6. The van der Waals surface area contributed by atoms with Crippen molar-refractivity contribution in [1.29, 1.82) is 0 Å². The molecule has 6 nitrogen and oxygen atoms in total. The van der Waals surface area contributed by atoms with E-state index in [9.17, 15) is 4.79 Å². The second-order valence-corrected chi connectivity index (χ2v) is 6.85. The van der Waals surface area contributed by atoms with Gasteiger partial charge in [0.05, 0.1) is 24.4 Å². The molecule has 136 valence electrons. The third-order valence-electron chi connectivity index (χ3n) is 4.92. The summed E-state index contributed by atoms with van der Waals surface area (Å²) in [6.45, 7) is 7.19. The Bertz CT molecular complexity index is 659. The Morgan fingerprint density at radius 1 is 1.44 bits per heavy atom. The minimum absolute atomic E-state index is 0.0720. The fourth-order valence-electron chi connectivity index (χ4n) is 3.52. The summed E-state index contributed by atoms with van der Waals surface area (Å²) in [7, 11) is 0. The maximum Gasteiger partial charge on any atom is 0.224 e. The smallest absolute Gasteiger partial charge is 0.224 e. The summed E-state index contributed by atoms with van der Waals surface area (Å²) in [5.74, 6) is 2.08. The lowest BCUT2D eigenvalue weighted by molar-refractivity contribution is -0.126. The molecule has 1 atom stereocenters. The standard InChI is InChI=1S/C19H27N3O3/c1-14-18(15(2)25-21-14)8-3-9-20-19(23)16-6-4-10-22(12-16)13-17-7-5-11-24-17/h5,7,11,16H,3-4,6,8-10,12-13H2,1-2H3,(H,20,23)/t16-/m0/s1. The van der Waals surface area contributed by atoms with Crippen molar-refractivity contribution in [2.45, 2.75) is 46.1 Å². The average molecular weight is 345 g/mol. The van der Waals surface area contributed by atoms with Gasteiger partial charge in [0.25, 0.3) is 0 Å². The van der Waals surface area contributed by atoms with Crippen LogP contribution in [0.2, 0.25) is 0 Å². The van der Waals surface area contributed by atoms with Crippen molar-refractivity contribution < 1.29 is 13.7 Å². The highest BCUT2D eigenvalue weighted by Crippen LogP contribution is 2.19. The van der Waals surface area contributed by atoms with Gasteiger partial charge in [0.15, 0.2) is 0 Å². The normalized spacial score (nSPS) is 18.4. The molecule has 1 aliphatic rings. The van der Waals surface area contributed by atoms with Gasteiger partial charge in [-0.15, -0.1) is 0 Å². The fourth-order valence-corrected chi connectivity index (χ4v) is 3.52. The molecule has 0 spiro atoms. The lowest BCUT2D eigenvalue weighted by Crippen LogP contribution is -2.42. The second kappa shape index (κ2) is 8.34. The quantitative estimate of drug-likeness (QED) is 0.781. The monoisotopic (exact) mass is 345 g/mol. The molecule has 1 N–H and O–H groups in total. The Morgan fingerprint density at radius 3 is 3.04 bits per heavy atom. The zero-order valence-electron chi connectivity index (χ0n) is 15.1.